The summed E-state index contributed by atoms with van der Waals surface area (Å²) in [6.07, 6.45) is 3.31. The molecule has 23 heavy (non-hydrogen) atoms. The van der Waals surface area contributed by atoms with Crippen LogP contribution in [0.3, 0.4) is 0 Å². The topological polar surface area (TPSA) is 52.0 Å². The predicted molar refractivity (Wildman–Crippen MR) is 89.3 cm³/mol. The Morgan fingerprint density at radius 1 is 0.957 bits per heavy atom. The van der Waals surface area contributed by atoms with Crippen LogP contribution >= 0.6 is 0 Å². The number of hydrogen-bond acceptors (Lipinski definition) is 3. The van der Waals surface area contributed by atoms with Gasteiger partial charge in [0.25, 0.3) is 5.56 Å². The zero-order chi connectivity index (χ0) is 16.1. The summed E-state index contributed by atoms with van der Waals surface area (Å²) in [4.78, 5) is 28.8. The van der Waals surface area contributed by atoms with E-state index in [0.29, 0.717) is 17.7 Å². The highest BCUT2D eigenvalue weighted by Crippen LogP contribution is 2.13. The highest BCUT2D eigenvalue weighted by atomic mass is 16.1. The molecule has 0 atom stereocenters. The summed E-state index contributed by atoms with van der Waals surface area (Å²) in [7, 11) is 0. The molecular weight excluding hydrogens is 288 g/mol. The molecule has 0 saturated carbocycles. The first kappa shape index (κ1) is 14.9. The highest BCUT2D eigenvalue weighted by Gasteiger charge is 2.09. The van der Waals surface area contributed by atoms with Gasteiger partial charge in [-0.3, -0.25) is 14.2 Å². The molecule has 0 amide bonds. The van der Waals surface area contributed by atoms with Crippen molar-refractivity contribution in [1.29, 1.82) is 0 Å². The van der Waals surface area contributed by atoms with E-state index in [1.165, 1.54) is 10.9 Å². The third kappa shape index (κ3) is 3.43. The van der Waals surface area contributed by atoms with E-state index in [0.717, 1.165) is 5.56 Å². The summed E-state index contributed by atoms with van der Waals surface area (Å²) in [6.45, 7) is 0.320. The SMILES string of the molecule is O=C(CCn1cncc(-c2ccccc2)c1=O)c1ccccc1. The molecule has 0 aliphatic rings. The number of hydrogen-bond donors (Lipinski definition) is 0. The van der Waals surface area contributed by atoms with E-state index in [2.05, 4.69) is 4.98 Å². The molecule has 3 rings (SSSR count). The van der Waals surface area contributed by atoms with Crippen molar-refractivity contribution in [2.75, 3.05) is 0 Å². The molecule has 1 aromatic heterocycles. The van der Waals surface area contributed by atoms with Gasteiger partial charge in [-0.2, -0.15) is 0 Å². The maximum atomic E-state index is 12.5. The van der Waals surface area contributed by atoms with Crippen LogP contribution < -0.4 is 5.56 Å². The van der Waals surface area contributed by atoms with Gasteiger partial charge in [0.05, 0.1) is 11.9 Å². The Labute approximate surface area is 134 Å². The fourth-order valence-corrected chi connectivity index (χ4v) is 2.42. The molecule has 4 nitrogen and oxygen atoms in total. The number of carbonyl (C=O) groups excluding carboxylic acids is 1. The van der Waals surface area contributed by atoms with E-state index >= 15 is 0 Å². The lowest BCUT2D eigenvalue weighted by Gasteiger charge is -2.07. The van der Waals surface area contributed by atoms with Crippen LogP contribution in [0.4, 0.5) is 0 Å². The third-order valence-electron chi connectivity index (χ3n) is 3.66. The summed E-state index contributed by atoms with van der Waals surface area (Å²) in [5, 5.41) is 0. The Kier molecular flexibility index (Phi) is 4.43. The van der Waals surface area contributed by atoms with Crippen LogP contribution in [0.25, 0.3) is 11.1 Å². The number of carbonyl (C=O) groups is 1. The van der Waals surface area contributed by atoms with Crippen LogP contribution in [0.5, 0.6) is 0 Å². The summed E-state index contributed by atoms with van der Waals surface area (Å²) in [6, 6.07) is 18.5. The quantitative estimate of drug-likeness (QED) is 0.680. The maximum Gasteiger partial charge on any atom is 0.261 e. The molecule has 1 heterocycles. The predicted octanol–water partition coefficient (Wildman–Crippen LogP) is 3.18. The Hall–Kier alpha value is -3.01. The zero-order valence-electron chi connectivity index (χ0n) is 12.6. The number of Topliss-reactive ketones (excluding diaryl/α,β-unsaturated/α-hetero) is 1. The first-order chi connectivity index (χ1) is 11.3. The van der Waals surface area contributed by atoms with Gasteiger partial charge >= 0.3 is 0 Å². The van der Waals surface area contributed by atoms with Crippen molar-refractivity contribution in [3.05, 3.63) is 89.1 Å². The molecule has 0 unspecified atom stereocenters. The number of benzene rings is 2. The summed E-state index contributed by atoms with van der Waals surface area (Å²) < 4.78 is 1.49. The fraction of sp³-hybridized carbons (Fsp3) is 0.105. The van der Waals surface area contributed by atoms with Crippen LogP contribution in [0.1, 0.15) is 16.8 Å². The number of rotatable bonds is 5. The number of aromatic nitrogens is 2. The number of nitrogens with zero attached hydrogens (tertiary/aromatic N) is 2. The molecule has 114 valence electrons. The Morgan fingerprint density at radius 3 is 2.30 bits per heavy atom. The molecule has 2 aromatic carbocycles. The second kappa shape index (κ2) is 6.83. The molecule has 0 fully saturated rings. The lowest BCUT2D eigenvalue weighted by molar-refractivity contribution is 0.0976. The lowest BCUT2D eigenvalue weighted by Crippen LogP contribution is -2.23. The van der Waals surface area contributed by atoms with Crippen LogP contribution in [-0.2, 0) is 6.54 Å². The summed E-state index contributed by atoms with van der Waals surface area (Å²) in [5.74, 6) is 0.0163. The summed E-state index contributed by atoms with van der Waals surface area (Å²) in [5.41, 5.74) is 1.90. The van der Waals surface area contributed by atoms with Gasteiger partial charge in [0.15, 0.2) is 5.78 Å². The van der Waals surface area contributed by atoms with Crippen molar-refractivity contribution in [2.45, 2.75) is 13.0 Å². The molecule has 0 radical (unpaired) electrons. The molecular formula is C19H16N2O2. The average molecular weight is 304 g/mol. The first-order valence-electron chi connectivity index (χ1n) is 7.44. The number of aryl methyl sites for hydroxylation is 1. The molecule has 0 bridgehead atoms. The van der Waals surface area contributed by atoms with Gasteiger partial charge in [-0.1, -0.05) is 60.7 Å². The smallest absolute Gasteiger partial charge is 0.261 e. The molecule has 3 aromatic rings. The van der Waals surface area contributed by atoms with E-state index in [1.54, 1.807) is 18.3 Å². The molecule has 4 heteroatoms. The normalized spacial score (nSPS) is 10.4. The fourth-order valence-electron chi connectivity index (χ4n) is 2.42. The Balaban J connectivity index is 1.79. The van der Waals surface area contributed by atoms with Crippen LogP contribution in [0.2, 0.25) is 0 Å². The van der Waals surface area contributed by atoms with Gasteiger partial charge in [0.1, 0.15) is 0 Å². The molecule has 0 spiro atoms. The van der Waals surface area contributed by atoms with Gasteiger partial charge in [-0.25, -0.2) is 4.98 Å². The van der Waals surface area contributed by atoms with E-state index < -0.39 is 0 Å². The van der Waals surface area contributed by atoms with Crippen LogP contribution in [0.15, 0.2) is 78.0 Å². The molecule has 0 saturated heterocycles. The van der Waals surface area contributed by atoms with Gasteiger partial charge in [-0.15, -0.1) is 0 Å². The molecule has 0 aliphatic heterocycles. The second-order valence-electron chi connectivity index (χ2n) is 5.21. The third-order valence-corrected chi connectivity index (χ3v) is 3.66. The summed E-state index contributed by atoms with van der Waals surface area (Å²) >= 11 is 0. The number of ketones is 1. The van der Waals surface area contributed by atoms with Crippen molar-refractivity contribution in [3.63, 3.8) is 0 Å². The van der Waals surface area contributed by atoms with Gasteiger partial charge in [0.2, 0.25) is 0 Å². The maximum absolute atomic E-state index is 12.5. The standard InChI is InChI=1S/C19H16N2O2/c22-18(16-9-5-2-6-10-16)11-12-21-14-20-13-17(19(21)23)15-7-3-1-4-8-15/h1-10,13-14H,11-12H2. The Morgan fingerprint density at radius 2 is 1.61 bits per heavy atom. The highest BCUT2D eigenvalue weighted by molar-refractivity contribution is 5.95. The van der Waals surface area contributed by atoms with E-state index in [9.17, 15) is 9.59 Å². The zero-order valence-corrected chi connectivity index (χ0v) is 12.6. The molecule has 0 N–H and O–H groups in total. The van der Waals surface area contributed by atoms with Crippen molar-refractivity contribution in [1.82, 2.24) is 9.55 Å². The minimum Gasteiger partial charge on any atom is -0.298 e. The minimum atomic E-state index is -0.132. The largest absolute Gasteiger partial charge is 0.298 e. The van der Waals surface area contributed by atoms with Crippen molar-refractivity contribution in [2.24, 2.45) is 0 Å². The van der Waals surface area contributed by atoms with E-state index in [-0.39, 0.29) is 17.8 Å². The van der Waals surface area contributed by atoms with Crippen LogP contribution in [0, 0.1) is 0 Å². The average Bonchev–Trinajstić information content (AvgIpc) is 2.62. The van der Waals surface area contributed by atoms with E-state index in [4.69, 9.17) is 0 Å². The van der Waals surface area contributed by atoms with Gasteiger partial charge < -0.3 is 0 Å². The lowest BCUT2D eigenvalue weighted by atomic mass is 10.1. The molecule has 0 aliphatic carbocycles. The monoisotopic (exact) mass is 304 g/mol. The second-order valence-corrected chi connectivity index (χ2v) is 5.21. The minimum absolute atomic E-state index is 0.0163. The van der Waals surface area contributed by atoms with Gasteiger partial charge in [0, 0.05) is 24.7 Å². The van der Waals surface area contributed by atoms with Crippen molar-refractivity contribution in [3.8, 4) is 11.1 Å². The Bertz CT molecular complexity index is 855. The first-order valence-corrected chi connectivity index (χ1v) is 7.44. The van der Waals surface area contributed by atoms with Crippen LogP contribution in [-0.4, -0.2) is 15.3 Å². The van der Waals surface area contributed by atoms with Crippen molar-refractivity contribution >= 4 is 5.78 Å². The van der Waals surface area contributed by atoms with Gasteiger partial charge in [-0.05, 0) is 5.56 Å². The van der Waals surface area contributed by atoms with Crippen molar-refractivity contribution < 1.29 is 4.79 Å². The van der Waals surface area contributed by atoms with E-state index in [1.807, 2.05) is 48.5 Å².